The fourth-order valence-electron chi connectivity index (χ4n) is 5.61. The van der Waals surface area contributed by atoms with Crippen LogP contribution in [0.15, 0.2) is 54.6 Å². The maximum Gasteiger partial charge on any atom is 0.324 e. The lowest BCUT2D eigenvalue weighted by molar-refractivity contribution is -0.159. The van der Waals surface area contributed by atoms with Gasteiger partial charge in [0.2, 0.25) is 0 Å². The normalized spacial score (nSPS) is 22.9. The summed E-state index contributed by atoms with van der Waals surface area (Å²) in [4.78, 5) is 17.4. The van der Waals surface area contributed by atoms with Gasteiger partial charge in [0.1, 0.15) is 11.6 Å². The van der Waals surface area contributed by atoms with Gasteiger partial charge in [0.05, 0.1) is 5.54 Å². The molecule has 1 spiro atoms. The van der Waals surface area contributed by atoms with Gasteiger partial charge < -0.3 is 9.72 Å². The first kappa shape index (κ1) is 20.3. The van der Waals surface area contributed by atoms with E-state index in [0.717, 1.165) is 23.9 Å². The molecule has 1 fully saturated rings. The molecule has 0 bridgehead atoms. The van der Waals surface area contributed by atoms with E-state index in [1.54, 1.807) is 0 Å². The summed E-state index contributed by atoms with van der Waals surface area (Å²) < 4.78 is 5.95. The number of H-pyrrole nitrogens is 1. The quantitative estimate of drug-likeness (QED) is 0.521. The van der Waals surface area contributed by atoms with Crippen molar-refractivity contribution in [3.63, 3.8) is 0 Å². The predicted octanol–water partition coefficient (Wildman–Crippen LogP) is 5.77. The van der Waals surface area contributed by atoms with Crippen molar-refractivity contribution in [3.05, 3.63) is 71.4 Å². The molecule has 31 heavy (non-hydrogen) atoms. The summed E-state index contributed by atoms with van der Waals surface area (Å²) in [5, 5.41) is 5.07. The van der Waals surface area contributed by atoms with Crippen molar-refractivity contribution in [2.24, 2.45) is 0 Å². The van der Waals surface area contributed by atoms with Crippen LogP contribution in [0.5, 0.6) is 0 Å². The Labute approximate surface area is 184 Å². The zero-order valence-corrected chi connectivity index (χ0v) is 18.7. The lowest BCUT2D eigenvalue weighted by Gasteiger charge is -2.47. The van der Waals surface area contributed by atoms with Crippen molar-refractivity contribution in [1.29, 1.82) is 0 Å². The molecular formula is C27H32N2O2. The molecule has 1 aliphatic heterocycles. The van der Waals surface area contributed by atoms with E-state index in [9.17, 15) is 4.79 Å². The number of aromatic amines is 1. The molecule has 2 N–H and O–H groups in total. The number of benzene rings is 2. The molecule has 2 aliphatic rings. The summed E-state index contributed by atoms with van der Waals surface area (Å²) >= 11 is 0. The van der Waals surface area contributed by atoms with Crippen molar-refractivity contribution < 1.29 is 9.53 Å². The molecule has 0 unspecified atom stereocenters. The standard InChI is InChI=1S/C27H32N2O2/c1-26(2,3)31-25(30)23-21(18-12-6-4-7-13-18)22-19-14-8-9-15-20(19)28-24(22)27(29-23)16-10-5-11-17-27/h4,6-9,12-15,21,23,28-29H,5,10-11,16-17H2,1-3H3/t21-,23-/m0/s1. The third kappa shape index (κ3) is 3.57. The average Bonchev–Trinajstić information content (AvgIpc) is 3.14. The molecule has 2 atom stereocenters. The number of aromatic nitrogens is 1. The van der Waals surface area contributed by atoms with E-state index in [0.29, 0.717) is 0 Å². The second-order valence-electron chi connectivity index (χ2n) is 10.1. The number of rotatable bonds is 2. The van der Waals surface area contributed by atoms with Crippen molar-refractivity contribution in [2.75, 3.05) is 0 Å². The SMILES string of the molecule is CC(C)(C)OC(=O)[C@H]1NC2(CCCCC2)c2[nH]c3ccccc3c2[C@@H]1c1ccccc1. The van der Waals surface area contributed by atoms with Gasteiger partial charge in [0, 0.05) is 22.5 Å². The molecule has 1 aliphatic carbocycles. The second kappa shape index (κ2) is 7.52. The van der Waals surface area contributed by atoms with Crippen LogP contribution in [0.25, 0.3) is 10.9 Å². The van der Waals surface area contributed by atoms with Crippen molar-refractivity contribution in [1.82, 2.24) is 10.3 Å². The number of esters is 1. The fraction of sp³-hybridized carbons (Fsp3) is 0.444. The molecule has 4 heteroatoms. The number of para-hydroxylation sites is 1. The fourth-order valence-corrected chi connectivity index (χ4v) is 5.61. The van der Waals surface area contributed by atoms with E-state index in [2.05, 4.69) is 58.8 Å². The van der Waals surface area contributed by atoms with Gasteiger partial charge in [-0.1, -0.05) is 67.8 Å². The molecule has 1 aromatic heterocycles. The predicted molar refractivity (Wildman–Crippen MR) is 124 cm³/mol. The summed E-state index contributed by atoms with van der Waals surface area (Å²) in [6.07, 6.45) is 5.65. The van der Waals surface area contributed by atoms with E-state index in [1.807, 2.05) is 26.8 Å². The first-order chi connectivity index (χ1) is 14.9. The summed E-state index contributed by atoms with van der Waals surface area (Å²) in [5.41, 5.74) is 4.08. The summed E-state index contributed by atoms with van der Waals surface area (Å²) in [6.45, 7) is 5.83. The van der Waals surface area contributed by atoms with E-state index >= 15 is 0 Å². The number of ether oxygens (including phenoxy) is 1. The highest BCUT2D eigenvalue weighted by Crippen LogP contribution is 2.49. The Hall–Kier alpha value is -2.59. The van der Waals surface area contributed by atoms with Gasteiger partial charge in [-0.3, -0.25) is 10.1 Å². The minimum absolute atomic E-state index is 0.102. The molecular weight excluding hydrogens is 384 g/mol. The number of carbonyl (C=O) groups is 1. The number of carbonyl (C=O) groups excluding carboxylic acids is 1. The third-order valence-electron chi connectivity index (χ3n) is 6.83. The van der Waals surface area contributed by atoms with Crippen LogP contribution in [0, 0.1) is 0 Å². The highest BCUT2D eigenvalue weighted by atomic mass is 16.6. The maximum absolute atomic E-state index is 13.6. The molecule has 5 rings (SSSR count). The van der Waals surface area contributed by atoms with Crippen LogP contribution in [-0.2, 0) is 15.1 Å². The van der Waals surface area contributed by atoms with Gasteiger partial charge in [-0.05, 0) is 50.8 Å². The van der Waals surface area contributed by atoms with E-state index in [-0.39, 0.29) is 17.4 Å². The first-order valence-electron chi connectivity index (χ1n) is 11.5. The lowest BCUT2D eigenvalue weighted by Crippen LogP contribution is -2.59. The largest absolute Gasteiger partial charge is 0.459 e. The second-order valence-corrected chi connectivity index (χ2v) is 10.1. The minimum Gasteiger partial charge on any atom is -0.459 e. The summed E-state index contributed by atoms with van der Waals surface area (Å²) in [6, 6.07) is 18.5. The van der Waals surface area contributed by atoms with Crippen LogP contribution in [0.2, 0.25) is 0 Å². The molecule has 162 valence electrons. The molecule has 0 radical (unpaired) electrons. The van der Waals surface area contributed by atoms with Gasteiger partial charge in [-0.15, -0.1) is 0 Å². The molecule has 1 saturated carbocycles. The van der Waals surface area contributed by atoms with E-state index < -0.39 is 11.6 Å². The minimum atomic E-state index is -0.528. The Morgan fingerprint density at radius 3 is 2.35 bits per heavy atom. The van der Waals surface area contributed by atoms with Crippen LogP contribution in [0.1, 0.15) is 75.6 Å². The average molecular weight is 417 g/mol. The Kier molecular flexibility index (Phi) is 4.93. The summed E-state index contributed by atoms with van der Waals surface area (Å²) in [7, 11) is 0. The van der Waals surface area contributed by atoms with Crippen LogP contribution >= 0.6 is 0 Å². The monoisotopic (exact) mass is 416 g/mol. The van der Waals surface area contributed by atoms with Crippen LogP contribution in [0.3, 0.4) is 0 Å². The molecule has 0 amide bonds. The third-order valence-corrected chi connectivity index (χ3v) is 6.83. The Balaban J connectivity index is 1.74. The van der Waals surface area contributed by atoms with E-state index in [4.69, 9.17) is 4.74 Å². The van der Waals surface area contributed by atoms with Crippen molar-refractivity contribution in [3.8, 4) is 0 Å². The van der Waals surface area contributed by atoms with E-state index in [1.165, 1.54) is 35.9 Å². The van der Waals surface area contributed by atoms with Gasteiger partial charge in [0.25, 0.3) is 0 Å². The van der Waals surface area contributed by atoms with Crippen LogP contribution < -0.4 is 5.32 Å². The van der Waals surface area contributed by atoms with Gasteiger partial charge in [-0.2, -0.15) is 0 Å². The van der Waals surface area contributed by atoms with Gasteiger partial charge in [0.15, 0.2) is 0 Å². The maximum atomic E-state index is 13.6. The van der Waals surface area contributed by atoms with Crippen molar-refractivity contribution in [2.45, 2.75) is 76.0 Å². The van der Waals surface area contributed by atoms with Crippen molar-refractivity contribution >= 4 is 16.9 Å². The first-order valence-corrected chi connectivity index (χ1v) is 11.5. The van der Waals surface area contributed by atoms with Crippen LogP contribution in [0.4, 0.5) is 0 Å². The Bertz CT molecular complexity index is 1090. The zero-order valence-electron chi connectivity index (χ0n) is 18.7. The number of nitrogens with one attached hydrogen (secondary N) is 2. The highest BCUT2D eigenvalue weighted by Gasteiger charge is 2.50. The number of hydrogen-bond acceptors (Lipinski definition) is 3. The lowest BCUT2D eigenvalue weighted by atomic mass is 9.69. The van der Waals surface area contributed by atoms with Crippen LogP contribution in [-0.4, -0.2) is 22.6 Å². The number of hydrogen-bond donors (Lipinski definition) is 2. The molecule has 2 heterocycles. The Morgan fingerprint density at radius 2 is 1.65 bits per heavy atom. The number of fused-ring (bicyclic) bond motifs is 4. The van der Waals surface area contributed by atoms with Gasteiger partial charge >= 0.3 is 5.97 Å². The summed E-state index contributed by atoms with van der Waals surface area (Å²) in [5.74, 6) is -0.267. The molecule has 2 aromatic carbocycles. The van der Waals surface area contributed by atoms with Gasteiger partial charge in [-0.25, -0.2) is 0 Å². The Morgan fingerprint density at radius 1 is 0.968 bits per heavy atom. The molecule has 0 saturated heterocycles. The highest BCUT2D eigenvalue weighted by molar-refractivity contribution is 5.89. The smallest absolute Gasteiger partial charge is 0.324 e. The topological polar surface area (TPSA) is 54.1 Å². The zero-order chi connectivity index (χ0) is 21.6. The molecule has 4 nitrogen and oxygen atoms in total. The molecule has 3 aromatic rings.